The largest absolute Gasteiger partial charge is 0.396 e. The second-order valence-corrected chi connectivity index (χ2v) is 4.08. The summed E-state index contributed by atoms with van der Waals surface area (Å²) in [6.07, 6.45) is 0. The van der Waals surface area contributed by atoms with E-state index in [4.69, 9.17) is 28.9 Å². The Hall–Kier alpha value is -1.33. The highest BCUT2D eigenvalue weighted by Gasteiger charge is 2.06. The van der Waals surface area contributed by atoms with E-state index in [1.165, 1.54) is 0 Å². The molecule has 86 valence electrons. The van der Waals surface area contributed by atoms with E-state index in [2.05, 4.69) is 21.2 Å². The first-order valence-corrected chi connectivity index (χ1v) is 5.47. The first-order valence-electron chi connectivity index (χ1n) is 4.71. The highest BCUT2D eigenvalue weighted by molar-refractivity contribution is 6.39. The van der Waals surface area contributed by atoms with Crippen LogP contribution in [0.25, 0.3) is 0 Å². The topological polar surface area (TPSA) is 74.5 Å². The average molecular weight is 260 g/mol. The lowest BCUT2D eigenvalue weighted by molar-refractivity contribution is 0.937. The van der Waals surface area contributed by atoms with Crippen LogP contribution < -0.4 is 21.9 Å². The molecule has 0 atom stereocenters. The van der Waals surface area contributed by atoms with Crippen LogP contribution in [0.2, 0.25) is 10.0 Å². The summed E-state index contributed by atoms with van der Waals surface area (Å²) in [6, 6.07) is 3.37. The van der Waals surface area contributed by atoms with Gasteiger partial charge in [-0.05, 0) is 12.1 Å². The third-order valence-corrected chi connectivity index (χ3v) is 2.70. The lowest BCUT2D eigenvalue weighted by atomic mass is 10.3. The van der Waals surface area contributed by atoms with Gasteiger partial charge in [0.05, 0.1) is 28.0 Å². The first-order chi connectivity index (χ1) is 7.66. The number of nitrogens with two attached hydrogens (primary N) is 1. The summed E-state index contributed by atoms with van der Waals surface area (Å²) in [5.74, 6) is 0.698. The fourth-order valence-electron chi connectivity index (χ4n) is 1.27. The third-order valence-electron chi connectivity index (χ3n) is 2.08. The van der Waals surface area contributed by atoms with Crippen molar-refractivity contribution in [3.63, 3.8) is 0 Å². The molecule has 1 aromatic carbocycles. The molecule has 0 amide bonds. The monoisotopic (exact) mass is 259 g/mol. The molecule has 7 heteroatoms. The van der Waals surface area contributed by atoms with Gasteiger partial charge >= 0.3 is 0 Å². The van der Waals surface area contributed by atoms with Crippen molar-refractivity contribution in [2.24, 2.45) is 4.99 Å². The lowest BCUT2D eigenvalue weighted by Gasteiger charge is -2.11. The molecule has 0 saturated heterocycles. The number of benzene rings is 1. The van der Waals surface area contributed by atoms with E-state index in [0.29, 0.717) is 21.7 Å². The molecule has 0 aromatic heterocycles. The van der Waals surface area contributed by atoms with Crippen LogP contribution in [0.3, 0.4) is 0 Å². The van der Waals surface area contributed by atoms with Crippen molar-refractivity contribution in [2.75, 3.05) is 24.2 Å². The van der Waals surface area contributed by atoms with Gasteiger partial charge < -0.3 is 11.1 Å². The van der Waals surface area contributed by atoms with Crippen LogP contribution in [0, 0.1) is 0 Å². The van der Waals surface area contributed by atoms with E-state index in [1.54, 1.807) is 12.1 Å². The van der Waals surface area contributed by atoms with Gasteiger partial charge in [0.15, 0.2) is 0 Å². The average Bonchev–Trinajstić information content (AvgIpc) is 2.75. The number of nitrogens with zero attached hydrogens (tertiary/aromatic N) is 1. The lowest BCUT2D eigenvalue weighted by Crippen LogP contribution is -2.37. The molecule has 5 nitrogen and oxygen atoms in total. The minimum atomic E-state index is 0.380. The van der Waals surface area contributed by atoms with Gasteiger partial charge in [-0.2, -0.15) is 0 Å². The normalized spacial score (nSPS) is 14.2. The van der Waals surface area contributed by atoms with E-state index in [-0.39, 0.29) is 0 Å². The van der Waals surface area contributed by atoms with Crippen LogP contribution in [0.15, 0.2) is 17.1 Å². The fraction of sp³-hybridized carbons (Fsp3) is 0.222. The van der Waals surface area contributed by atoms with E-state index >= 15 is 0 Å². The Morgan fingerprint density at radius 3 is 2.50 bits per heavy atom. The molecule has 1 aliphatic rings. The standard InChI is InChI=1S/C9H11Cl2N5/c10-6-3-5(4-7(11)8(6)12)15-16-9-13-1-2-14-9/h3-4,15H,1-2,12H2,(H2,13,14,16). The highest BCUT2D eigenvalue weighted by atomic mass is 35.5. The number of halogens is 2. The summed E-state index contributed by atoms with van der Waals surface area (Å²) in [5, 5.41) is 3.88. The van der Waals surface area contributed by atoms with Crippen molar-refractivity contribution in [3.05, 3.63) is 22.2 Å². The summed E-state index contributed by atoms with van der Waals surface area (Å²) in [5.41, 5.74) is 12.6. The molecule has 5 N–H and O–H groups in total. The minimum absolute atomic E-state index is 0.380. The predicted molar refractivity (Wildman–Crippen MR) is 67.9 cm³/mol. The Balaban J connectivity index is 2.04. The summed E-state index contributed by atoms with van der Waals surface area (Å²) in [7, 11) is 0. The summed E-state index contributed by atoms with van der Waals surface area (Å²) in [4.78, 5) is 4.15. The maximum absolute atomic E-state index is 5.89. The van der Waals surface area contributed by atoms with Crippen molar-refractivity contribution in [3.8, 4) is 0 Å². The van der Waals surface area contributed by atoms with Crippen LogP contribution in [0.1, 0.15) is 0 Å². The molecule has 0 fully saturated rings. The zero-order valence-electron chi connectivity index (χ0n) is 8.35. The maximum Gasteiger partial charge on any atom is 0.210 e. The van der Waals surface area contributed by atoms with Crippen molar-refractivity contribution < 1.29 is 0 Å². The number of guanidine groups is 1. The maximum atomic E-state index is 5.89. The van der Waals surface area contributed by atoms with Crippen LogP contribution in [0.4, 0.5) is 11.4 Å². The SMILES string of the molecule is Nc1c(Cl)cc(NNC2=NCCN2)cc1Cl. The number of hydrogen-bond donors (Lipinski definition) is 4. The molecular formula is C9H11Cl2N5. The second kappa shape index (κ2) is 4.67. The Labute approximate surface area is 103 Å². The van der Waals surface area contributed by atoms with Gasteiger partial charge in [0.2, 0.25) is 5.96 Å². The number of hydrazine groups is 1. The Morgan fingerprint density at radius 2 is 1.94 bits per heavy atom. The molecule has 0 unspecified atom stereocenters. The van der Waals surface area contributed by atoms with Gasteiger partial charge in [-0.3, -0.25) is 15.8 Å². The number of hydrogen-bond acceptors (Lipinski definition) is 5. The quantitative estimate of drug-likeness (QED) is 0.479. The van der Waals surface area contributed by atoms with E-state index in [9.17, 15) is 0 Å². The Bertz CT molecular complexity index is 409. The number of rotatable bonds is 2. The zero-order valence-corrected chi connectivity index (χ0v) is 9.86. The molecule has 0 aliphatic carbocycles. The van der Waals surface area contributed by atoms with E-state index in [1.807, 2.05) is 0 Å². The second-order valence-electron chi connectivity index (χ2n) is 3.26. The van der Waals surface area contributed by atoms with Gasteiger partial charge in [-0.25, -0.2) is 0 Å². The van der Waals surface area contributed by atoms with Crippen molar-refractivity contribution >= 4 is 40.5 Å². The van der Waals surface area contributed by atoms with Gasteiger partial charge in [-0.1, -0.05) is 23.2 Å². The number of anilines is 2. The Morgan fingerprint density at radius 1 is 1.25 bits per heavy atom. The van der Waals surface area contributed by atoms with E-state index in [0.717, 1.165) is 18.8 Å². The predicted octanol–water partition coefficient (Wildman–Crippen LogP) is 1.45. The number of aliphatic imine (C=N–C) groups is 1. The number of nitrogen functional groups attached to an aromatic ring is 1. The van der Waals surface area contributed by atoms with Gasteiger partial charge in [-0.15, -0.1) is 0 Å². The fourth-order valence-corrected chi connectivity index (χ4v) is 1.76. The number of nitrogens with one attached hydrogen (secondary N) is 3. The first kappa shape index (κ1) is 11.2. The minimum Gasteiger partial charge on any atom is -0.396 e. The van der Waals surface area contributed by atoms with E-state index < -0.39 is 0 Å². The molecular weight excluding hydrogens is 249 g/mol. The van der Waals surface area contributed by atoms with Crippen LogP contribution in [-0.2, 0) is 0 Å². The van der Waals surface area contributed by atoms with Gasteiger partial charge in [0.25, 0.3) is 0 Å². The summed E-state index contributed by atoms with van der Waals surface area (Å²) in [6.45, 7) is 1.61. The molecule has 0 radical (unpaired) electrons. The van der Waals surface area contributed by atoms with Crippen LogP contribution in [-0.4, -0.2) is 19.0 Å². The molecule has 0 bridgehead atoms. The highest BCUT2D eigenvalue weighted by Crippen LogP contribution is 2.30. The van der Waals surface area contributed by atoms with Gasteiger partial charge in [0.1, 0.15) is 0 Å². The molecule has 2 rings (SSSR count). The molecule has 1 heterocycles. The zero-order chi connectivity index (χ0) is 11.5. The third kappa shape index (κ3) is 2.43. The summed E-state index contributed by atoms with van der Waals surface area (Å²) < 4.78 is 0. The van der Waals surface area contributed by atoms with Crippen LogP contribution >= 0.6 is 23.2 Å². The van der Waals surface area contributed by atoms with Crippen molar-refractivity contribution in [1.82, 2.24) is 10.7 Å². The van der Waals surface area contributed by atoms with Crippen LogP contribution in [0.5, 0.6) is 0 Å². The molecule has 0 saturated carbocycles. The van der Waals surface area contributed by atoms with Crippen molar-refractivity contribution in [1.29, 1.82) is 0 Å². The summed E-state index contributed by atoms with van der Waals surface area (Å²) >= 11 is 11.8. The Kier molecular flexibility index (Phi) is 3.26. The smallest absolute Gasteiger partial charge is 0.210 e. The molecule has 1 aromatic rings. The van der Waals surface area contributed by atoms with Gasteiger partial charge in [0, 0.05) is 6.54 Å². The molecule has 1 aliphatic heterocycles. The van der Waals surface area contributed by atoms with Crippen molar-refractivity contribution in [2.45, 2.75) is 0 Å². The molecule has 16 heavy (non-hydrogen) atoms. The molecule has 0 spiro atoms.